The minimum Gasteiger partial charge on any atom is -0.497 e. The number of aromatic nitrogens is 1. The van der Waals surface area contributed by atoms with Crippen LogP contribution in [0.15, 0.2) is 35.1 Å². The molecular formula is C12H9BrN4O8. The molecule has 25 heavy (non-hydrogen) atoms. The van der Waals surface area contributed by atoms with Crippen molar-refractivity contribution in [2.24, 2.45) is 0 Å². The van der Waals surface area contributed by atoms with Gasteiger partial charge in [-0.25, -0.2) is 0 Å². The lowest BCUT2D eigenvalue weighted by atomic mass is 10.2. The fourth-order valence-electron chi connectivity index (χ4n) is 1.48. The molecule has 0 atom stereocenters. The lowest BCUT2D eigenvalue weighted by Gasteiger charge is -1.97. The Labute approximate surface area is 147 Å². The number of non-ortho nitro benzene ring substituents is 1. The molecule has 2 aromatic rings. The summed E-state index contributed by atoms with van der Waals surface area (Å²) in [5.74, 6) is -0.440. The first-order valence-corrected chi connectivity index (χ1v) is 6.91. The lowest BCUT2D eigenvalue weighted by molar-refractivity contribution is -0.404. The number of phenols is 1. The van der Waals surface area contributed by atoms with Gasteiger partial charge in [0.1, 0.15) is 5.75 Å². The maximum absolute atomic E-state index is 10.4. The van der Waals surface area contributed by atoms with Crippen LogP contribution in [0.5, 0.6) is 11.5 Å². The number of aromatic hydroxyl groups is 1. The second-order valence-electron chi connectivity index (χ2n) is 4.15. The van der Waals surface area contributed by atoms with E-state index in [0.717, 1.165) is 10.2 Å². The molecule has 1 heterocycles. The van der Waals surface area contributed by atoms with Crippen LogP contribution in [0.2, 0.25) is 0 Å². The molecule has 0 radical (unpaired) electrons. The Hall–Kier alpha value is -3.35. The summed E-state index contributed by atoms with van der Waals surface area (Å²) in [7, 11) is 1.61. The number of nitro groups is 3. The van der Waals surface area contributed by atoms with Crippen LogP contribution in [0.3, 0.4) is 0 Å². The van der Waals surface area contributed by atoms with Crippen LogP contribution < -0.4 is 4.74 Å². The van der Waals surface area contributed by atoms with Gasteiger partial charge in [0.15, 0.2) is 0 Å². The van der Waals surface area contributed by atoms with Crippen molar-refractivity contribution in [2.45, 2.75) is 0 Å². The number of hydrogen-bond donors (Lipinski definition) is 1. The second-order valence-corrected chi connectivity index (χ2v) is 5.06. The molecule has 0 unspecified atom stereocenters. The average Bonchev–Trinajstić information content (AvgIpc) is 2.54. The number of hydrogen-bond acceptors (Lipinski definition) is 9. The quantitative estimate of drug-likeness (QED) is 0.580. The molecule has 13 heteroatoms. The summed E-state index contributed by atoms with van der Waals surface area (Å²) in [6.07, 6.45) is 3.37. The average molecular weight is 417 g/mol. The number of nitro benzene ring substituents is 3. The number of phenolic OH excluding ortho intramolecular Hbond substituents is 1. The highest BCUT2D eigenvalue weighted by atomic mass is 79.9. The van der Waals surface area contributed by atoms with E-state index in [4.69, 9.17) is 9.84 Å². The van der Waals surface area contributed by atoms with Crippen LogP contribution in [-0.2, 0) is 0 Å². The van der Waals surface area contributed by atoms with E-state index in [0.29, 0.717) is 12.1 Å². The van der Waals surface area contributed by atoms with Gasteiger partial charge in [0.2, 0.25) is 0 Å². The summed E-state index contributed by atoms with van der Waals surface area (Å²) in [4.78, 5) is 31.7. The molecular weight excluding hydrogens is 408 g/mol. The van der Waals surface area contributed by atoms with E-state index >= 15 is 0 Å². The van der Waals surface area contributed by atoms with Crippen molar-refractivity contribution in [3.05, 3.63) is 65.4 Å². The Balaban J connectivity index is 0.000000293. The molecule has 12 nitrogen and oxygen atoms in total. The fourth-order valence-corrected chi connectivity index (χ4v) is 1.82. The zero-order chi connectivity index (χ0) is 19.1. The Morgan fingerprint density at radius 1 is 1.00 bits per heavy atom. The van der Waals surface area contributed by atoms with Crippen molar-refractivity contribution in [1.29, 1.82) is 0 Å². The largest absolute Gasteiger partial charge is 0.497 e. The molecule has 0 spiro atoms. The molecule has 0 amide bonds. The van der Waals surface area contributed by atoms with Gasteiger partial charge in [-0.15, -0.1) is 0 Å². The van der Waals surface area contributed by atoms with Gasteiger partial charge in [-0.05, 0) is 22.0 Å². The number of benzene rings is 1. The third kappa shape index (κ3) is 5.35. The Morgan fingerprint density at radius 3 is 1.84 bits per heavy atom. The molecule has 0 saturated heterocycles. The van der Waals surface area contributed by atoms with Crippen molar-refractivity contribution in [1.82, 2.24) is 4.98 Å². The smallest absolute Gasteiger partial charge is 0.324 e. The van der Waals surface area contributed by atoms with Gasteiger partial charge in [-0.3, -0.25) is 35.3 Å². The molecule has 0 fully saturated rings. The molecule has 0 aliphatic carbocycles. The van der Waals surface area contributed by atoms with Crippen LogP contribution >= 0.6 is 15.9 Å². The van der Waals surface area contributed by atoms with Gasteiger partial charge in [0.25, 0.3) is 11.4 Å². The summed E-state index contributed by atoms with van der Waals surface area (Å²) in [6, 6.07) is 2.75. The SMILES string of the molecule is COc1cncc(Br)c1.O=[N+]([O-])c1cc([N+](=O)[O-])c(O)c([N+](=O)[O-])c1. The van der Waals surface area contributed by atoms with E-state index in [9.17, 15) is 30.3 Å². The van der Waals surface area contributed by atoms with Gasteiger partial charge in [-0.2, -0.15) is 0 Å². The number of nitrogens with zero attached hydrogens (tertiary/aromatic N) is 4. The highest BCUT2D eigenvalue weighted by molar-refractivity contribution is 9.10. The van der Waals surface area contributed by atoms with E-state index in [1.165, 1.54) is 0 Å². The van der Waals surface area contributed by atoms with Gasteiger partial charge >= 0.3 is 11.4 Å². The third-order valence-electron chi connectivity index (χ3n) is 2.57. The lowest BCUT2D eigenvalue weighted by Crippen LogP contribution is -1.97. The van der Waals surface area contributed by atoms with Gasteiger partial charge < -0.3 is 9.84 Å². The molecule has 0 aliphatic rings. The maximum Gasteiger partial charge on any atom is 0.324 e. The van der Waals surface area contributed by atoms with E-state index < -0.39 is 37.6 Å². The zero-order valence-corrected chi connectivity index (χ0v) is 13.9. The Morgan fingerprint density at radius 2 is 1.52 bits per heavy atom. The number of pyridine rings is 1. The summed E-state index contributed by atoms with van der Waals surface area (Å²) in [6.45, 7) is 0. The standard InChI is InChI=1S/C6H6BrNO.C6H3N3O7/c1-9-6-2-5(7)3-8-4-6;10-6-4(8(13)14)1-3(7(11)12)2-5(6)9(15)16/h2-4H,1H3;1-2,10H. The van der Waals surface area contributed by atoms with Crippen LogP contribution in [0.4, 0.5) is 17.1 Å². The monoisotopic (exact) mass is 416 g/mol. The number of ether oxygens (including phenoxy) is 1. The number of methoxy groups -OCH3 is 1. The van der Waals surface area contributed by atoms with E-state index in [1.54, 1.807) is 19.5 Å². The minimum atomic E-state index is -1.21. The molecule has 1 aromatic heterocycles. The fraction of sp³-hybridized carbons (Fsp3) is 0.0833. The first-order chi connectivity index (χ1) is 11.7. The Bertz CT molecular complexity index is 794. The molecule has 132 valence electrons. The van der Waals surface area contributed by atoms with Crippen molar-refractivity contribution < 1.29 is 24.6 Å². The van der Waals surface area contributed by atoms with Crippen LogP contribution in [-0.4, -0.2) is 32.0 Å². The Kier molecular flexibility index (Phi) is 6.69. The third-order valence-corrected chi connectivity index (χ3v) is 3.01. The summed E-state index contributed by atoms with van der Waals surface area (Å²) >= 11 is 3.26. The summed E-state index contributed by atoms with van der Waals surface area (Å²) < 4.78 is 5.83. The van der Waals surface area contributed by atoms with E-state index in [1.807, 2.05) is 6.07 Å². The van der Waals surface area contributed by atoms with Crippen molar-refractivity contribution in [3.63, 3.8) is 0 Å². The molecule has 0 saturated carbocycles. The highest BCUT2D eigenvalue weighted by Gasteiger charge is 2.30. The highest BCUT2D eigenvalue weighted by Crippen LogP contribution is 2.38. The van der Waals surface area contributed by atoms with Gasteiger partial charge in [-0.1, -0.05) is 0 Å². The van der Waals surface area contributed by atoms with Crippen molar-refractivity contribution in [3.8, 4) is 11.5 Å². The first kappa shape index (κ1) is 19.7. The van der Waals surface area contributed by atoms with Crippen molar-refractivity contribution in [2.75, 3.05) is 7.11 Å². The van der Waals surface area contributed by atoms with E-state index in [-0.39, 0.29) is 0 Å². The molecule has 0 bridgehead atoms. The summed E-state index contributed by atoms with van der Waals surface area (Å²) in [5, 5.41) is 40.2. The molecule has 1 N–H and O–H groups in total. The van der Waals surface area contributed by atoms with Crippen LogP contribution in [0.1, 0.15) is 0 Å². The van der Waals surface area contributed by atoms with Crippen LogP contribution in [0.25, 0.3) is 0 Å². The maximum atomic E-state index is 10.4. The normalized spacial score (nSPS) is 9.52. The molecule has 2 rings (SSSR count). The zero-order valence-electron chi connectivity index (χ0n) is 12.4. The van der Waals surface area contributed by atoms with E-state index in [2.05, 4.69) is 20.9 Å². The second kappa shape index (κ2) is 8.49. The number of rotatable bonds is 4. The molecule has 0 aliphatic heterocycles. The van der Waals surface area contributed by atoms with Crippen LogP contribution in [0, 0.1) is 30.3 Å². The summed E-state index contributed by atoms with van der Waals surface area (Å²) in [5.41, 5.74) is -3.00. The molecule has 1 aromatic carbocycles. The number of halogens is 1. The van der Waals surface area contributed by atoms with Gasteiger partial charge in [0.05, 0.1) is 40.2 Å². The van der Waals surface area contributed by atoms with Gasteiger partial charge in [0, 0.05) is 10.7 Å². The predicted molar refractivity (Wildman–Crippen MR) is 86.6 cm³/mol. The topological polar surface area (TPSA) is 172 Å². The van der Waals surface area contributed by atoms with Crippen molar-refractivity contribution >= 4 is 33.0 Å². The predicted octanol–water partition coefficient (Wildman–Crippen LogP) is 2.97. The first-order valence-electron chi connectivity index (χ1n) is 6.12. The minimum absolute atomic E-state index is 0.447.